The van der Waals surface area contributed by atoms with E-state index in [9.17, 15) is 13.2 Å². The molecule has 0 aliphatic carbocycles. The Morgan fingerprint density at radius 2 is 1.47 bits per heavy atom. The number of aryl methyl sites for hydroxylation is 1. The molecule has 0 saturated carbocycles. The molecule has 8 heteroatoms. The Balaban J connectivity index is 1.48. The van der Waals surface area contributed by atoms with Crippen LogP contribution in [0, 0.1) is 6.92 Å². The third-order valence-electron chi connectivity index (χ3n) is 5.94. The minimum Gasteiger partial charge on any atom is -0.496 e. The number of rotatable bonds is 11. The highest BCUT2D eigenvalue weighted by atomic mass is 32.2. The molecule has 0 saturated heterocycles. The summed E-state index contributed by atoms with van der Waals surface area (Å²) in [4.78, 5) is 13.4. The van der Waals surface area contributed by atoms with Crippen molar-refractivity contribution in [3.63, 3.8) is 0 Å². The highest BCUT2D eigenvalue weighted by molar-refractivity contribution is 7.89. The van der Waals surface area contributed by atoms with E-state index in [0.29, 0.717) is 29.4 Å². The molecule has 0 aliphatic heterocycles. The van der Waals surface area contributed by atoms with E-state index in [1.165, 1.54) is 19.2 Å². The number of carbonyl (C=O) groups is 1. The Kier molecular flexibility index (Phi) is 8.78. The molecule has 38 heavy (non-hydrogen) atoms. The lowest BCUT2D eigenvalue weighted by molar-refractivity contribution is -0.117. The molecule has 0 unspecified atom stereocenters. The van der Waals surface area contributed by atoms with Gasteiger partial charge in [0.2, 0.25) is 15.9 Å². The second-order valence-electron chi connectivity index (χ2n) is 8.78. The minimum atomic E-state index is -3.99. The summed E-state index contributed by atoms with van der Waals surface area (Å²) >= 11 is 0. The van der Waals surface area contributed by atoms with E-state index < -0.39 is 22.0 Å². The number of ether oxygens (including phenoxy) is 2. The van der Waals surface area contributed by atoms with Crippen molar-refractivity contribution >= 4 is 21.6 Å². The molecule has 4 rings (SSSR count). The van der Waals surface area contributed by atoms with Gasteiger partial charge in [-0.05, 0) is 72.5 Å². The molecule has 0 fully saturated rings. The molecule has 0 aromatic heterocycles. The van der Waals surface area contributed by atoms with Crippen molar-refractivity contribution in [2.24, 2.45) is 0 Å². The van der Waals surface area contributed by atoms with Gasteiger partial charge in [-0.15, -0.1) is 0 Å². The predicted octanol–water partition coefficient (Wildman–Crippen LogP) is 5.11. The second kappa shape index (κ2) is 12.4. The Morgan fingerprint density at radius 1 is 0.842 bits per heavy atom. The summed E-state index contributed by atoms with van der Waals surface area (Å²) in [6, 6.07) is 29.6. The summed E-state index contributed by atoms with van der Waals surface area (Å²) in [7, 11) is -2.47. The van der Waals surface area contributed by atoms with Crippen molar-refractivity contribution in [2.75, 3.05) is 12.4 Å². The summed E-state index contributed by atoms with van der Waals surface area (Å²) in [5.74, 6) is 0.766. The fraction of sp³-hybridized carbons (Fsp3) is 0.167. The molecule has 0 spiro atoms. The lowest BCUT2D eigenvalue weighted by Gasteiger charge is -2.19. The Bertz CT molecular complexity index is 1460. The number of hydrogen-bond donors (Lipinski definition) is 2. The van der Waals surface area contributed by atoms with Gasteiger partial charge in [0.15, 0.2) is 0 Å². The van der Waals surface area contributed by atoms with Gasteiger partial charge in [0.05, 0.1) is 12.0 Å². The SMILES string of the molecule is COc1ccc(S(=O)(=O)N[C@@H](Cc2ccccc2)C(=O)Nc2ccc(OCc3ccccc3)cc2)cc1C. The van der Waals surface area contributed by atoms with Gasteiger partial charge in [-0.1, -0.05) is 60.7 Å². The Labute approximate surface area is 223 Å². The standard InChI is InChI=1S/C30H30N2O5S/c1-22-19-27(17-18-29(22)36-2)38(34,35)32-28(20-23-9-5-3-6-10-23)30(33)31-25-13-15-26(16-14-25)37-21-24-11-7-4-8-12-24/h3-19,28,32H,20-21H2,1-2H3,(H,31,33)/t28-/m0/s1. The first-order valence-electron chi connectivity index (χ1n) is 12.1. The molecule has 7 nitrogen and oxygen atoms in total. The summed E-state index contributed by atoms with van der Waals surface area (Å²) < 4.78 is 40.1. The zero-order valence-corrected chi connectivity index (χ0v) is 22.1. The van der Waals surface area contributed by atoms with Gasteiger partial charge < -0.3 is 14.8 Å². The van der Waals surface area contributed by atoms with E-state index in [2.05, 4.69) is 10.0 Å². The lowest BCUT2D eigenvalue weighted by Crippen LogP contribution is -2.45. The number of amides is 1. The van der Waals surface area contributed by atoms with Crippen molar-refractivity contribution < 1.29 is 22.7 Å². The predicted molar refractivity (Wildman–Crippen MR) is 148 cm³/mol. The van der Waals surface area contributed by atoms with Crippen LogP contribution in [0.25, 0.3) is 0 Å². The molecular weight excluding hydrogens is 500 g/mol. The molecular formula is C30H30N2O5S. The third kappa shape index (κ3) is 7.21. The number of sulfonamides is 1. The first kappa shape index (κ1) is 26.9. The zero-order chi connectivity index (χ0) is 27.0. The smallest absolute Gasteiger partial charge is 0.242 e. The summed E-state index contributed by atoms with van der Waals surface area (Å²) in [6.45, 7) is 2.19. The van der Waals surface area contributed by atoms with E-state index in [4.69, 9.17) is 9.47 Å². The fourth-order valence-electron chi connectivity index (χ4n) is 3.92. The number of carbonyl (C=O) groups excluding carboxylic acids is 1. The minimum absolute atomic E-state index is 0.0570. The van der Waals surface area contributed by atoms with Crippen molar-refractivity contribution in [3.8, 4) is 11.5 Å². The number of nitrogens with one attached hydrogen (secondary N) is 2. The van der Waals surface area contributed by atoms with E-state index in [-0.39, 0.29) is 11.3 Å². The van der Waals surface area contributed by atoms with E-state index >= 15 is 0 Å². The lowest BCUT2D eigenvalue weighted by atomic mass is 10.1. The van der Waals surface area contributed by atoms with E-state index in [1.807, 2.05) is 60.7 Å². The van der Waals surface area contributed by atoms with Gasteiger partial charge in [-0.3, -0.25) is 4.79 Å². The van der Waals surface area contributed by atoms with Crippen molar-refractivity contribution in [2.45, 2.75) is 30.9 Å². The molecule has 196 valence electrons. The fourth-order valence-corrected chi connectivity index (χ4v) is 5.20. The molecule has 0 aliphatic rings. The Hall–Kier alpha value is -4.14. The second-order valence-corrected chi connectivity index (χ2v) is 10.5. The van der Waals surface area contributed by atoms with Crippen LogP contribution in [0.4, 0.5) is 5.69 Å². The quantitative estimate of drug-likeness (QED) is 0.281. The van der Waals surface area contributed by atoms with Crippen LogP contribution in [-0.4, -0.2) is 27.5 Å². The van der Waals surface area contributed by atoms with Gasteiger partial charge in [-0.25, -0.2) is 8.42 Å². The molecule has 4 aromatic carbocycles. The van der Waals surface area contributed by atoms with Crippen LogP contribution >= 0.6 is 0 Å². The van der Waals surface area contributed by atoms with Crippen molar-refractivity contribution in [1.29, 1.82) is 0 Å². The maximum absolute atomic E-state index is 13.3. The highest BCUT2D eigenvalue weighted by Gasteiger charge is 2.27. The monoisotopic (exact) mass is 530 g/mol. The molecule has 1 amide bonds. The van der Waals surface area contributed by atoms with E-state index in [1.54, 1.807) is 37.3 Å². The number of hydrogen-bond acceptors (Lipinski definition) is 5. The van der Waals surface area contributed by atoms with Crippen LogP contribution in [0.1, 0.15) is 16.7 Å². The van der Waals surface area contributed by atoms with Crippen LogP contribution in [0.2, 0.25) is 0 Å². The highest BCUT2D eigenvalue weighted by Crippen LogP contribution is 2.22. The van der Waals surface area contributed by atoms with Gasteiger partial charge in [0.25, 0.3) is 0 Å². The summed E-state index contributed by atoms with van der Waals surface area (Å²) in [5, 5.41) is 2.83. The summed E-state index contributed by atoms with van der Waals surface area (Å²) in [5.41, 5.74) is 3.08. The van der Waals surface area contributed by atoms with Crippen LogP contribution in [0.5, 0.6) is 11.5 Å². The maximum atomic E-state index is 13.3. The van der Waals surface area contributed by atoms with Crippen LogP contribution in [0.3, 0.4) is 0 Å². The van der Waals surface area contributed by atoms with Crippen molar-refractivity contribution in [3.05, 3.63) is 120 Å². The van der Waals surface area contributed by atoms with Gasteiger partial charge >= 0.3 is 0 Å². The number of anilines is 1. The largest absolute Gasteiger partial charge is 0.496 e. The average Bonchev–Trinajstić information content (AvgIpc) is 2.93. The number of benzene rings is 4. The molecule has 0 radical (unpaired) electrons. The Morgan fingerprint density at radius 3 is 2.08 bits per heavy atom. The van der Waals surface area contributed by atoms with Crippen LogP contribution in [0.15, 0.2) is 108 Å². The molecule has 0 bridgehead atoms. The summed E-state index contributed by atoms with van der Waals surface area (Å²) in [6.07, 6.45) is 0.180. The number of methoxy groups -OCH3 is 1. The third-order valence-corrected chi connectivity index (χ3v) is 7.41. The first-order valence-corrected chi connectivity index (χ1v) is 13.6. The average molecular weight is 531 g/mol. The van der Waals surface area contributed by atoms with Gasteiger partial charge in [-0.2, -0.15) is 4.72 Å². The topological polar surface area (TPSA) is 93.7 Å². The van der Waals surface area contributed by atoms with Gasteiger partial charge in [0.1, 0.15) is 24.1 Å². The molecule has 1 atom stereocenters. The van der Waals surface area contributed by atoms with E-state index in [0.717, 1.165) is 11.1 Å². The molecule has 2 N–H and O–H groups in total. The zero-order valence-electron chi connectivity index (χ0n) is 21.3. The van der Waals surface area contributed by atoms with Gasteiger partial charge in [0, 0.05) is 5.69 Å². The van der Waals surface area contributed by atoms with Crippen molar-refractivity contribution in [1.82, 2.24) is 4.72 Å². The maximum Gasteiger partial charge on any atom is 0.242 e. The normalized spacial score (nSPS) is 11.9. The van der Waals surface area contributed by atoms with Crippen LogP contribution < -0.4 is 19.5 Å². The molecule has 0 heterocycles. The molecule has 4 aromatic rings. The van der Waals surface area contributed by atoms with Crippen LogP contribution in [-0.2, 0) is 27.8 Å². The first-order chi connectivity index (χ1) is 18.3.